The van der Waals surface area contributed by atoms with E-state index in [-0.39, 0.29) is 18.4 Å². The molecule has 18 heavy (non-hydrogen) atoms. The van der Waals surface area contributed by atoms with Gasteiger partial charge in [-0.15, -0.1) is 0 Å². The molecule has 0 saturated carbocycles. The fraction of sp³-hybridized carbons (Fsp3) is 0.385. The molecule has 98 valence electrons. The summed E-state index contributed by atoms with van der Waals surface area (Å²) in [5.41, 5.74) is 0.516. The van der Waals surface area contributed by atoms with Crippen LogP contribution in [0.25, 0.3) is 0 Å². The van der Waals surface area contributed by atoms with E-state index in [4.69, 9.17) is 0 Å². The van der Waals surface area contributed by atoms with Crippen LogP contribution in [0.1, 0.15) is 19.4 Å². The second kappa shape index (κ2) is 6.74. The Morgan fingerprint density at radius 2 is 1.89 bits per heavy atom. The lowest BCUT2D eigenvalue weighted by Crippen LogP contribution is -2.43. The van der Waals surface area contributed by atoms with Gasteiger partial charge in [0.1, 0.15) is 5.82 Å². The van der Waals surface area contributed by atoms with E-state index >= 15 is 0 Å². The molecule has 2 amide bonds. The minimum absolute atomic E-state index is 0.0881. The van der Waals surface area contributed by atoms with Crippen molar-refractivity contribution in [3.8, 4) is 0 Å². The van der Waals surface area contributed by atoms with Gasteiger partial charge in [0.25, 0.3) is 0 Å². The van der Waals surface area contributed by atoms with Gasteiger partial charge in [-0.2, -0.15) is 0 Å². The molecule has 1 aromatic rings. The molecule has 1 aromatic carbocycles. The molecule has 0 heterocycles. The van der Waals surface area contributed by atoms with Crippen LogP contribution < -0.4 is 10.6 Å². The first-order chi connectivity index (χ1) is 8.50. The number of rotatable bonds is 4. The van der Waals surface area contributed by atoms with Crippen LogP contribution in [0.5, 0.6) is 0 Å². The molecular formula is C13H17FN2O2. The summed E-state index contributed by atoms with van der Waals surface area (Å²) in [5.74, 6) is -1.67. The summed E-state index contributed by atoms with van der Waals surface area (Å²) in [7, 11) is 0. The van der Waals surface area contributed by atoms with Gasteiger partial charge in [0.15, 0.2) is 0 Å². The highest BCUT2D eigenvalue weighted by atomic mass is 19.1. The first-order valence-corrected chi connectivity index (χ1v) is 5.83. The quantitative estimate of drug-likeness (QED) is 0.786. The number of carbonyl (C=O) groups is 2. The third kappa shape index (κ3) is 4.53. The molecule has 0 atom stereocenters. The fourth-order valence-electron chi connectivity index (χ4n) is 1.42. The molecule has 0 spiro atoms. The van der Waals surface area contributed by atoms with E-state index in [1.807, 2.05) is 0 Å². The third-order valence-corrected chi connectivity index (χ3v) is 2.26. The van der Waals surface area contributed by atoms with Gasteiger partial charge < -0.3 is 10.6 Å². The zero-order valence-electron chi connectivity index (χ0n) is 10.5. The van der Waals surface area contributed by atoms with Gasteiger partial charge in [0, 0.05) is 12.6 Å². The largest absolute Gasteiger partial charge is 0.348 e. The zero-order valence-corrected chi connectivity index (χ0v) is 10.5. The van der Waals surface area contributed by atoms with Gasteiger partial charge in [-0.1, -0.05) is 18.2 Å². The predicted molar refractivity (Wildman–Crippen MR) is 66.4 cm³/mol. The third-order valence-electron chi connectivity index (χ3n) is 2.26. The zero-order chi connectivity index (χ0) is 13.5. The first-order valence-electron chi connectivity index (χ1n) is 5.83. The minimum Gasteiger partial charge on any atom is -0.348 e. The number of benzene rings is 1. The molecule has 0 fully saturated rings. The molecule has 0 saturated heterocycles. The smallest absolute Gasteiger partial charge is 0.309 e. The van der Waals surface area contributed by atoms with E-state index in [1.54, 1.807) is 32.0 Å². The van der Waals surface area contributed by atoms with E-state index in [1.165, 1.54) is 6.07 Å². The van der Waals surface area contributed by atoms with Crippen LogP contribution in [-0.2, 0) is 16.0 Å². The van der Waals surface area contributed by atoms with Gasteiger partial charge in [0.05, 0.1) is 0 Å². The van der Waals surface area contributed by atoms with Crippen LogP contribution in [0.3, 0.4) is 0 Å². The minimum atomic E-state index is -0.694. The van der Waals surface area contributed by atoms with Crippen molar-refractivity contribution in [2.24, 2.45) is 0 Å². The molecule has 0 aromatic heterocycles. The summed E-state index contributed by atoms with van der Waals surface area (Å²) < 4.78 is 13.3. The Bertz CT molecular complexity index is 433. The summed E-state index contributed by atoms with van der Waals surface area (Å²) >= 11 is 0. The van der Waals surface area contributed by atoms with Crippen molar-refractivity contribution >= 4 is 11.8 Å². The van der Waals surface area contributed by atoms with Crippen LogP contribution in [0.4, 0.5) is 4.39 Å². The van der Waals surface area contributed by atoms with E-state index < -0.39 is 11.8 Å². The van der Waals surface area contributed by atoms with Crippen molar-refractivity contribution in [3.63, 3.8) is 0 Å². The van der Waals surface area contributed by atoms with E-state index in [0.29, 0.717) is 12.0 Å². The number of halogens is 1. The summed E-state index contributed by atoms with van der Waals surface area (Å²) in [6.07, 6.45) is 0.355. The van der Waals surface area contributed by atoms with E-state index in [9.17, 15) is 14.0 Å². The van der Waals surface area contributed by atoms with Gasteiger partial charge in [-0.3, -0.25) is 9.59 Å². The molecular weight excluding hydrogens is 235 g/mol. The van der Waals surface area contributed by atoms with Crippen molar-refractivity contribution < 1.29 is 14.0 Å². The van der Waals surface area contributed by atoms with Crippen LogP contribution in [0, 0.1) is 5.82 Å². The standard InChI is InChI=1S/C13H17FN2O2/c1-9(2)16-13(18)12(17)15-8-7-10-5-3-4-6-11(10)14/h3-6,9H,7-8H2,1-2H3,(H,15,17)(H,16,18). The Hall–Kier alpha value is -1.91. The SMILES string of the molecule is CC(C)NC(=O)C(=O)NCCc1ccccc1F. The molecule has 0 bridgehead atoms. The van der Waals surface area contributed by atoms with Crippen molar-refractivity contribution in [3.05, 3.63) is 35.6 Å². The van der Waals surface area contributed by atoms with Gasteiger partial charge in [0.2, 0.25) is 0 Å². The molecule has 0 aliphatic rings. The normalized spacial score (nSPS) is 10.2. The average Bonchev–Trinajstić information content (AvgIpc) is 2.30. The fourth-order valence-corrected chi connectivity index (χ4v) is 1.42. The van der Waals surface area contributed by atoms with Gasteiger partial charge in [-0.05, 0) is 31.9 Å². The summed E-state index contributed by atoms with van der Waals surface area (Å²) in [5, 5.41) is 4.92. The molecule has 1 rings (SSSR count). The lowest BCUT2D eigenvalue weighted by atomic mass is 10.1. The second-order valence-corrected chi connectivity index (χ2v) is 4.23. The van der Waals surface area contributed by atoms with Crippen molar-refractivity contribution in [1.29, 1.82) is 0 Å². The molecule has 2 N–H and O–H groups in total. The molecule has 5 heteroatoms. The van der Waals surface area contributed by atoms with Crippen molar-refractivity contribution in [1.82, 2.24) is 10.6 Å². The van der Waals surface area contributed by atoms with E-state index in [2.05, 4.69) is 10.6 Å². The van der Waals surface area contributed by atoms with Crippen LogP contribution >= 0.6 is 0 Å². The topological polar surface area (TPSA) is 58.2 Å². The monoisotopic (exact) mass is 252 g/mol. The highest BCUT2D eigenvalue weighted by Crippen LogP contribution is 2.05. The van der Waals surface area contributed by atoms with E-state index in [0.717, 1.165) is 0 Å². The predicted octanol–water partition coefficient (Wildman–Crippen LogP) is 1.01. The number of hydrogen-bond acceptors (Lipinski definition) is 2. The average molecular weight is 252 g/mol. The number of amides is 2. The molecule has 4 nitrogen and oxygen atoms in total. The highest BCUT2D eigenvalue weighted by molar-refractivity contribution is 6.35. The maximum atomic E-state index is 13.3. The highest BCUT2D eigenvalue weighted by Gasteiger charge is 2.13. The maximum absolute atomic E-state index is 13.3. The Morgan fingerprint density at radius 3 is 2.50 bits per heavy atom. The van der Waals surface area contributed by atoms with Crippen LogP contribution in [0.15, 0.2) is 24.3 Å². The number of hydrogen-bond donors (Lipinski definition) is 2. The van der Waals surface area contributed by atoms with Crippen molar-refractivity contribution in [2.75, 3.05) is 6.54 Å². The molecule has 0 unspecified atom stereocenters. The number of nitrogens with one attached hydrogen (secondary N) is 2. The Balaban J connectivity index is 2.36. The Kier molecular flexibility index (Phi) is 5.30. The summed E-state index contributed by atoms with van der Waals surface area (Å²) in [4.78, 5) is 22.6. The summed E-state index contributed by atoms with van der Waals surface area (Å²) in [6.45, 7) is 3.76. The number of carbonyl (C=O) groups excluding carboxylic acids is 2. The Labute approximate surface area is 106 Å². The van der Waals surface area contributed by atoms with Gasteiger partial charge >= 0.3 is 11.8 Å². The second-order valence-electron chi connectivity index (χ2n) is 4.23. The van der Waals surface area contributed by atoms with Gasteiger partial charge in [-0.25, -0.2) is 4.39 Å². The first kappa shape index (κ1) is 14.2. The van der Waals surface area contributed by atoms with Crippen molar-refractivity contribution in [2.45, 2.75) is 26.3 Å². The summed E-state index contributed by atoms with van der Waals surface area (Å²) in [6, 6.07) is 6.26. The Morgan fingerprint density at radius 1 is 1.22 bits per heavy atom. The maximum Gasteiger partial charge on any atom is 0.309 e. The van der Waals surface area contributed by atoms with Crippen LogP contribution in [-0.4, -0.2) is 24.4 Å². The van der Waals surface area contributed by atoms with Crippen LogP contribution in [0.2, 0.25) is 0 Å². The lowest BCUT2D eigenvalue weighted by Gasteiger charge is -2.08. The lowest BCUT2D eigenvalue weighted by molar-refractivity contribution is -0.139. The molecule has 0 aliphatic heterocycles. The molecule has 0 aliphatic carbocycles. The molecule has 0 radical (unpaired) electrons.